The van der Waals surface area contributed by atoms with E-state index in [1.165, 1.54) is 5.69 Å². The van der Waals surface area contributed by atoms with Gasteiger partial charge in [-0.25, -0.2) is 9.50 Å². The molecule has 3 aromatic rings. The van der Waals surface area contributed by atoms with Crippen molar-refractivity contribution in [3.8, 4) is 11.5 Å². The molecule has 2 bridgehead atoms. The summed E-state index contributed by atoms with van der Waals surface area (Å²) in [5.74, 6) is 1.24. The molecular weight excluding hydrogens is 368 g/mol. The van der Waals surface area contributed by atoms with Crippen molar-refractivity contribution in [2.45, 2.75) is 45.2 Å². The lowest BCUT2D eigenvalue weighted by Crippen LogP contribution is -2.44. The summed E-state index contributed by atoms with van der Waals surface area (Å²) in [5, 5.41) is 4.61. The maximum atomic E-state index is 13.1. The van der Waals surface area contributed by atoms with Crippen molar-refractivity contribution in [3.05, 3.63) is 53.0 Å². The summed E-state index contributed by atoms with van der Waals surface area (Å²) in [7, 11) is 1.61. The van der Waals surface area contributed by atoms with Crippen molar-refractivity contribution < 1.29 is 14.3 Å². The molecule has 7 heteroatoms. The van der Waals surface area contributed by atoms with E-state index in [1.807, 2.05) is 53.7 Å². The van der Waals surface area contributed by atoms with Gasteiger partial charge in [-0.3, -0.25) is 4.79 Å². The number of nitrogens with zero attached hydrogens (tertiary/aromatic N) is 4. The molecular formula is C22H24N4O3. The molecule has 7 nitrogen and oxygen atoms in total. The third-order valence-electron chi connectivity index (χ3n) is 5.99. The number of fused-ring (bicyclic) bond motifs is 6. The fourth-order valence-electron chi connectivity index (χ4n) is 4.69. The minimum atomic E-state index is -0.00168. The monoisotopic (exact) mass is 392 g/mol. The first-order valence-electron chi connectivity index (χ1n) is 9.98. The highest BCUT2D eigenvalue weighted by atomic mass is 16.5. The largest absolute Gasteiger partial charge is 0.493 e. The second-order valence-electron chi connectivity index (χ2n) is 7.91. The summed E-state index contributed by atoms with van der Waals surface area (Å²) < 4.78 is 13.2. The molecule has 150 valence electrons. The number of benzene rings is 1. The van der Waals surface area contributed by atoms with Gasteiger partial charge in [-0.2, -0.15) is 5.10 Å². The van der Waals surface area contributed by atoms with Crippen LogP contribution in [0.15, 0.2) is 30.5 Å². The molecule has 0 aliphatic carbocycles. The third kappa shape index (κ3) is 2.92. The summed E-state index contributed by atoms with van der Waals surface area (Å²) in [6.07, 6.45) is 4.65. The molecule has 0 unspecified atom stereocenters. The number of hydrogen-bond acceptors (Lipinski definition) is 5. The van der Waals surface area contributed by atoms with Gasteiger partial charge in [0.05, 0.1) is 24.5 Å². The Kier molecular flexibility index (Phi) is 4.19. The van der Waals surface area contributed by atoms with Crippen LogP contribution < -0.4 is 9.47 Å². The smallest absolute Gasteiger partial charge is 0.261 e. The molecule has 4 heterocycles. The topological polar surface area (TPSA) is 69.0 Å². The highest BCUT2D eigenvalue weighted by Gasteiger charge is 2.43. The standard InChI is InChI=1S/C22H24N4O3/c1-13-4-7-19(20(8-13)28-3)29-12-22(27)25-15-5-6-17(25)16-11-23-21-9-14(2)24-26(21)18(16)10-15/h4,7-9,11,15,17H,5-6,10,12H2,1-3H3/t15-,17+/m0/s1. The van der Waals surface area contributed by atoms with Gasteiger partial charge in [-0.1, -0.05) is 6.07 Å². The minimum Gasteiger partial charge on any atom is -0.493 e. The van der Waals surface area contributed by atoms with E-state index in [1.54, 1.807) is 7.11 Å². The number of hydrogen-bond donors (Lipinski definition) is 0. The van der Waals surface area contributed by atoms with Gasteiger partial charge in [-0.15, -0.1) is 0 Å². The lowest BCUT2D eigenvalue weighted by molar-refractivity contribution is -0.137. The van der Waals surface area contributed by atoms with E-state index >= 15 is 0 Å². The quantitative estimate of drug-likeness (QED) is 0.683. The summed E-state index contributed by atoms with van der Waals surface area (Å²) in [4.78, 5) is 19.7. The summed E-state index contributed by atoms with van der Waals surface area (Å²) in [6.45, 7) is 3.97. The molecule has 2 aromatic heterocycles. The number of carbonyl (C=O) groups excluding carboxylic acids is 1. The van der Waals surface area contributed by atoms with Crippen LogP contribution in [0.2, 0.25) is 0 Å². The molecule has 0 radical (unpaired) electrons. The van der Waals surface area contributed by atoms with Crippen molar-refractivity contribution in [3.63, 3.8) is 0 Å². The molecule has 5 rings (SSSR count). The van der Waals surface area contributed by atoms with E-state index in [2.05, 4.69) is 10.1 Å². The number of methoxy groups -OCH3 is 1. The molecule has 0 saturated carbocycles. The van der Waals surface area contributed by atoms with E-state index in [-0.39, 0.29) is 24.6 Å². The van der Waals surface area contributed by atoms with Gasteiger partial charge in [-0.05, 0) is 44.4 Å². The fraction of sp³-hybridized carbons (Fsp3) is 0.409. The van der Waals surface area contributed by atoms with E-state index in [9.17, 15) is 4.79 Å². The van der Waals surface area contributed by atoms with Gasteiger partial charge in [0.1, 0.15) is 0 Å². The molecule has 2 atom stereocenters. The highest BCUT2D eigenvalue weighted by Crippen LogP contribution is 2.43. The molecule has 1 amide bonds. The molecule has 1 saturated heterocycles. The molecule has 29 heavy (non-hydrogen) atoms. The Bertz CT molecular complexity index is 1110. The molecule has 2 aliphatic rings. The van der Waals surface area contributed by atoms with E-state index < -0.39 is 0 Å². The van der Waals surface area contributed by atoms with E-state index in [0.717, 1.165) is 41.7 Å². The van der Waals surface area contributed by atoms with Gasteiger partial charge >= 0.3 is 0 Å². The first-order valence-corrected chi connectivity index (χ1v) is 9.98. The number of aryl methyl sites for hydroxylation is 2. The first kappa shape index (κ1) is 18.0. The average Bonchev–Trinajstić information content (AvgIpc) is 3.25. The summed E-state index contributed by atoms with van der Waals surface area (Å²) >= 11 is 0. The predicted octanol–water partition coefficient (Wildman–Crippen LogP) is 3.02. The number of aromatic nitrogens is 3. The van der Waals surface area contributed by atoms with Gasteiger partial charge in [0.2, 0.25) is 0 Å². The van der Waals surface area contributed by atoms with Crippen molar-refractivity contribution in [2.24, 2.45) is 0 Å². The summed E-state index contributed by atoms with van der Waals surface area (Å²) in [6, 6.07) is 7.92. The number of amides is 1. The number of ether oxygens (including phenoxy) is 2. The lowest BCUT2D eigenvalue weighted by atomic mass is 9.99. The van der Waals surface area contributed by atoms with Crippen LogP contribution in [0.1, 0.15) is 41.4 Å². The normalized spacial score (nSPS) is 20.0. The van der Waals surface area contributed by atoms with E-state index in [0.29, 0.717) is 11.5 Å². The zero-order chi connectivity index (χ0) is 20.1. The number of carbonyl (C=O) groups is 1. The van der Waals surface area contributed by atoms with Crippen LogP contribution in [0.4, 0.5) is 0 Å². The van der Waals surface area contributed by atoms with Gasteiger partial charge in [0.15, 0.2) is 23.8 Å². The zero-order valence-electron chi connectivity index (χ0n) is 16.9. The second-order valence-corrected chi connectivity index (χ2v) is 7.91. The van der Waals surface area contributed by atoms with Crippen LogP contribution in [0.25, 0.3) is 5.65 Å². The van der Waals surface area contributed by atoms with Crippen LogP contribution in [0.5, 0.6) is 11.5 Å². The van der Waals surface area contributed by atoms with Crippen molar-refractivity contribution in [2.75, 3.05) is 13.7 Å². The van der Waals surface area contributed by atoms with Crippen LogP contribution in [0.3, 0.4) is 0 Å². The first-order chi connectivity index (χ1) is 14.0. The Morgan fingerprint density at radius 3 is 2.90 bits per heavy atom. The van der Waals surface area contributed by atoms with Crippen LogP contribution in [0, 0.1) is 13.8 Å². The van der Waals surface area contributed by atoms with Crippen LogP contribution in [-0.2, 0) is 11.2 Å². The molecule has 2 aliphatic heterocycles. The van der Waals surface area contributed by atoms with Gasteiger partial charge < -0.3 is 14.4 Å². The average molecular weight is 392 g/mol. The lowest BCUT2D eigenvalue weighted by Gasteiger charge is -2.36. The van der Waals surface area contributed by atoms with E-state index in [4.69, 9.17) is 9.47 Å². The third-order valence-corrected chi connectivity index (χ3v) is 5.99. The Balaban J connectivity index is 1.39. The molecule has 0 N–H and O–H groups in total. The minimum absolute atomic E-state index is 0.00168. The summed E-state index contributed by atoms with van der Waals surface area (Å²) in [5.41, 5.74) is 5.20. The maximum Gasteiger partial charge on any atom is 0.261 e. The second kappa shape index (κ2) is 6.76. The SMILES string of the molecule is COc1cc(C)ccc1OCC(=O)N1[C@H]2CC[C@@H]1c1cnc3cc(C)nn3c1C2. The molecule has 1 fully saturated rings. The number of rotatable bonds is 4. The van der Waals surface area contributed by atoms with Crippen LogP contribution in [-0.4, -0.2) is 45.2 Å². The van der Waals surface area contributed by atoms with Crippen molar-refractivity contribution in [1.29, 1.82) is 0 Å². The Labute approximate surface area is 169 Å². The van der Waals surface area contributed by atoms with Crippen LogP contribution >= 0.6 is 0 Å². The Morgan fingerprint density at radius 1 is 1.21 bits per heavy atom. The van der Waals surface area contributed by atoms with Gasteiger partial charge in [0, 0.05) is 30.3 Å². The van der Waals surface area contributed by atoms with Crippen molar-refractivity contribution in [1.82, 2.24) is 19.5 Å². The van der Waals surface area contributed by atoms with Gasteiger partial charge in [0.25, 0.3) is 5.91 Å². The van der Waals surface area contributed by atoms with Crippen molar-refractivity contribution >= 4 is 11.6 Å². The maximum absolute atomic E-state index is 13.1. The Hall–Kier alpha value is -3.09. The Morgan fingerprint density at radius 2 is 2.07 bits per heavy atom. The molecule has 1 aromatic carbocycles. The highest BCUT2D eigenvalue weighted by molar-refractivity contribution is 5.79. The predicted molar refractivity (Wildman–Crippen MR) is 107 cm³/mol. The zero-order valence-corrected chi connectivity index (χ0v) is 16.9. The molecule has 0 spiro atoms. The fourth-order valence-corrected chi connectivity index (χ4v) is 4.69.